The lowest BCUT2D eigenvalue weighted by molar-refractivity contribution is -0.645. The molecule has 0 aliphatic heterocycles. The van der Waals surface area contributed by atoms with E-state index in [9.17, 15) is 93.0 Å². The molecule has 0 unspecified atom stereocenters. The molecule has 0 spiro atoms. The first-order valence-electron chi connectivity index (χ1n) is 9.25. The van der Waals surface area contributed by atoms with Gasteiger partial charge >= 0.3 is 59.5 Å². The van der Waals surface area contributed by atoms with Gasteiger partial charge in [0, 0.05) is 13.0 Å². The van der Waals surface area contributed by atoms with Crippen LogP contribution >= 0.6 is 0 Å². The van der Waals surface area contributed by atoms with E-state index < -0.39 is 91.5 Å². The maximum Gasteiger partial charge on any atom is 0.460 e. The molecule has 0 heterocycles. The largest absolute Gasteiger partial charge is 0.870 e. The van der Waals surface area contributed by atoms with Crippen molar-refractivity contribution in [2.24, 2.45) is 0 Å². The Balaban J connectivity index is 0. The lowest BCUT2D eigenvalue weighted by Crippen LogP contribution is -2.86. The fourth-order valence-electron chi connectivity index (χ4n) is 2.29. The molecule has 0 atom stereocenters. The van der Waals surface area contributed by atoms with E-state index in [1.807, 2.05) is 0 Å². The van der Waals surface area contributed by atoms with Crippen molar-refractivity contribution in [3.05, 3.63) is 0 Å². The number of carboxylic acid groups (broad SMARTS) is 1. The summed E-state index contributed by atoms with van der Waals surface area (Å²) in [5, 5.41) is 9.83. The first-order valence-corrected chi connectivity index (χ1v) is 9.25. The average Bonchev–Trinajstić information content (AvgIpc) is 2.73. The van der Waals surface area contributed by atoms with Gasteiger partial charge in [-0.1, -0.05) is 0 Å². The molecule has 25 heteroatoms. The average molecular weight is 646 g/mol. The molecule has 0 bridgehead atoms. The number of halogens is 19. The van der Waals surface area contributed by atoms with Gasteiger partial charge in [-0.3, -0.25) is 4.79 Å². The number of amides is 1. The molecule has 6 nitrogen and oxygen atoms in total. The maximum absolute atomic E-state index is 13.7. The first kappa shape index (κ1) is 39.7. The Kier molecular flexibility index (Phi) is 11.3. The number of carbonyl (C=O) groups excluding carboxylic acids is 1. The molecule has 0 saturated heterocycles. The predicted molar refractivity (Wildman–Crippen MR) is 84.5 cm³/mol. The van der Waals surface area contributed by atoms with Crippen molar-refractivity contribution in [1.29, 1.82) is 0 Å². The molecular formula is C15H13F19N2O4. The third kappa shape index (κ3) is 5.93. The minimum Gasteiger partial charge on any atom is -0.870 e. The van der Waals surface area contributed by atoms with Crippen LogP contribution in [-0.4, -0.2) is 95.7 Å². The normalized spacial score (nSPS) is 15.0. The number of aliphatic carboxylic acids is 1. The molecule has 0 aromatic carbocycles. The summed E-state index contributed by atoms with van der Waals surface area (Å²) in [6.07, 6.45) is -8.60. The second kappa shape index (κ2) is 11.4. The van der Waals surface area contributed by atoms with Gasteiger partial charge in [-0.05, 0) is 0 Å². The number of nitrogens with one attached hydrogen (secondary N) is 1. The molecule has 0 aliphatic carbocycles. The number of carboxylic acids is 1. The Hall–Kier alpha value is -2.47. The van der Waals surface area contributed by atoms with E-state index >= 15 is 0 Å². The second-order valence-electron chi connectivity index (χ2n) is 7.38. The maximum atomic E-state index is 13.7. The monoisotopic (exact) mass is 646 g/mol. The summed E-state index contributed by atoms with van der Waals surface area (Å²) in [6, 6.07) is 0. The third-order valence-corrected chi connectivity index (χ3v) is 4.59. The van der Waals surface area contributed by atoms with Crippen molar-refractivity contribution < 1.29 is 109 Å². The summed E-state index contributed by atoms with van der Waals surface area (Å²) in [5.74, 6) is -73.6. The SMILES string of the molecule is O=C(O)C[NH2+]CCCNC(=O)C(F)(F)C(F)(F)C(F)(F)C(F)(F)C(F)(F)C(F)(F)C(F)(F)C(F)(F)C(F)(F)F.[OH-]. The lowest BCUT2D eigenvalue weighted by Gasteiger charge is -2.43. The summed E-state index contributed by atoms with van der Waals surface area (Å²) < 4.78 is 250. The predicted octanol–water partition coefficient (Wildman–Crippen LogP) is 3.61. The van der Waals surface area contributed by atoms with Crippen LogP contribution in [0.3, 0.4) is 0 Å². The Bertz CT molecular complexity index is 903. The molecule has 0 radical (unpaired) electrons. The quantitative estimate of drug-likeness (QED) is 0.198. The minimum atomic E-state index is -9.06. The van der Waals surface area contributed by atoms with Gasteiger partial charge in [0.2, 0.25) is 0 Å². The molecule has 0 saturated carbocycles. The molecule has 0 aromatic heterocycles. The van der Waals surface area contributed by atoms with Crippen LogP contribution in [0.15, 0.2) is 0 Å². The van der Waals surface area contributed by atoms with Crippen LogP contribution in [0.5, 0.6) is 0 Å². The van der Waals surface area contributed by atoms with Crippen molar-refractivity contribution in [3.8, 4) is 0 Å². The number of alkyl halides is 19. The Morgan fingerprint density at radius 3 is 1.23 bits per heavy atom. The van der Waals surface area contributed by atoms with E-state index in [1.54, 1.807) is 0 Å². The van der Waals surface area contributed by atoms with Gasteiger partial charge in [-0.2, -0.15) is 83.4 Å². The summed E-state index contributed by atoms with van der Waals surface area (Å²) in [4.78, 5) is 21.4. The molecule has 0 fully saturated rings. The van der Waals surface area contributed by atoms with Gasteiger partial charge in [0.05, 0.1) is 6.54 Å². The number of rotatable bonds is 14. The zero-order valence-electron chi connectivity index (χ0n) is 18.3. The highest BCUT2D eigenvalue weighted by Gasteiger charge is 2.97. The van der Waals surface area contributed by atoms with Crippen LogP contribution < -0.4 is 10.6 Å². The molecule has 40 heavy (non-hydrogen) atoms. The number of hydrogen-bond acceptors (Lipinski definition) is 3. The van der Waals surface area contributed by atoms with Crippen molar-refractivity contribution >= 4 is 11.9 Å². The topological polar surface area (TPSA) is 113 Å². The highest BCUT2D eigenvalue weighted by atomic mass is 19.4. The van der Waals surface area contributed by atoms with Crippen LogP contribution in [-0.2, 0) is 9.59 Å². The van der Waals surface area contributed by atoms with E-state index in [2.05, 4.69) is 0 Å². The molecule has 0 aromatic rings. The Morgan fingerprint density at radius 2 is 0.900 bits per heavy atom. The molecule has 1 amide bonds. The van der Waals surface area contributed by atoms with Gasteiger partial charge in [0.1, 0.15) is 0 Å². The molecule has 240 valence electrons. The lowest BCUT2D eigenvalue weighted by atomic mass is 9.87. The van der Waals surface area contributed by atoms with E-state index in [0.29, 0.717) is 5.32 Å². The molecule has 0 rings (SSSR count). The minimum absolute atomic E-state index is 0. The Labute approximate surface area is 207 Å². The summed E-state index contributed by atoms with van der Waals surface area (Å²) in [6.45, 7) is -2.35. The van der Waals surface area contributed by atoms with E-state index in [-0.39, 0.29) is 5.48 Å². The fraction of sp³-hybridized carbons (Fsp3) is 0.867. The molecular weight excluding hydrogens is 633 g/mol. The van der Waals surface area contributed by atoms with Crippen LogP contribution in [0.4, 0.5) is 83.4 Å². The van der Waals surface area contributed by atoms with Crippen molar-refractivity contribution in [2.75, 3.05) is 19.6 Å². The van der Waals surface area contributed by atoms with E-state index in [1.165, 1.54) is 0 Å². The van der Waals surface area contributed by atoms with Crippen LogP contribution in [0, 0.1) is 0 Å². The number of quaternary nitrogens is 1. The number of nitrogens with two attached hydrogens (primary N) is 1. The van der Waals surface area contributed by atoms with Crippen molar-refractivity contribution in [1.82, 2.24) is 5.32 Å². The molecule has 0 aliphatic rings. The van der Waals surface area contributed by atoms with Crippen molar-refractivity contribution in [2.45, 2.75) is 60.0 Å². The number of carbonyl (C=O) groups is 2. The van der Waals surface area contributed by atoms with Crippen molar-refractivity contribution in [3.63, 3.8) is 0 Å². The van der Waals surface area contributed by atoms with Gasteiger partial charge < -0.3 is 21.2 Å². The van der Waals surface area contributed by atoms with Gasteiger partial charge in [-0.25, -0.2) is 4.79 Å². The van der Waals surface area contributed by atoms with E-state index in [0.717, 1.165) is 5.32 Å². The number of hydrogen-bond donors (Lipinski definition) is 3. The molecule has 5 N–H and O–H groups in total. The fourth-order valence-corrected chi connectivity index (χ4v) is 2.29. The highest BCUT2D eigenvalue weighted by molar-refractivity contribution is 5.84. The smallest absolute Gasteiger partial charge is 0.460 e. The summed E-state index contributed by atoms with van der Waals surface area (Å²) in [7, 11) is 0. The standard InChI is InChI=1S/C15H11F19N2O3.H2O/c16-7(17,6(39)36-3-1-2-35-4-5(37)38)8(18,19)9(20,21)10(22,23)11(24,25)12(26,27)13(28,29)14(30,31)15(32,33)34;/h35H,1-4H2,(H,36,39)(H,37,38);1H2. The van der Waals surface area contributed by atoms with Gasteiger partial charge in [0.15, 0.2) is 6.54 Å². The second-order valence-corrected chi connectivity index (χ2v) is 7.38. The zero-order chi connectivity index (χ0) is 31.9. The highest BCUT2D eigenvalue weighted by Crippen LogP contribution is 2.65. The summed E-state index contributed by atoms with van der Waals surface area (Å²) in [5.41, 5.74) is 0. The van der Waals surface area contributed by atoms with Crippen LogP contribution in [0.25, 0.3) is 0 Å². The Morgan fingerprint density at radius 1 is 0.575 bits per heavy atom. The van der Waals surface area contributed by atoms with E-state index in [4.69, 9.17) is 5.11 Å². The van der Waals surface area contributed by atoms with Crippen LogP contribution in [0.1, 0.15) is 6.42 Å². The van der Waals surface area contributed by atoms with Gasteiger partial charge in [-0.15, -0.1) is 0 Å². The third-order valence-electron chi connectivity index (χ3n) is 4.59. The van der Waals surface area contributed by atoms with Crippen LogP contribution in [0.2, 0.25) is 0 Å². The first-order chi connectivity index (χ1) is 16.8. The van der Waals surface area contributed by atoms with Gasteiger partial charge in [0.25, 0.3) is 5.91 Å². The zero-order valence-corrected chi connectivity index (χ0v) is 18.3. The summed E-state index contributed by atoms with van der Waals surface area (Å²) >= 11 is 0.